The zero-order valence-corrected chi connectivity index (χ0v) is 13.1. The van der Waals surface area contributed by atoms with Gasteiger partial charge >= 0.3 is 0 Å². The zero-order chi connectivity index (χ0) is 13.7. The SMILES string of the molecule is CCC1CCC(C(O)CSc2ccc(Cl)cc2)CC1. The van der Waals surface area contributed by atoms with Gasteiger partial charge in [0.25, 0.3) is 0 Å². The molecule has 1 nitrogen and oxygen atoms in total. The molecule has 0 saturated heterocycles. The summed E-state index contributed by atoms with van der Waals surface area (Å²) in [6.07, 6.45) is 6.11. The normalized spacial score (nSPS) is 25.2. The van der Waals surface area contributed by atoms with E-state index in [4.69, 9.17) is 11.6 Å². The highest BCUT2D eigenvalue weighted by atomic mass is 35.5. The maximum absolute atomic E-state index is 10.3. The van der Waals surface area contributed by atoms with Gasteiger partial charge in [-0.05, 0) is 48.9 Å². The first-order valence-corrected chi connectivity index (χ1v) is 8.61. The van der Waals surface area contributed by atoms with Crippen LogP contribution in [0.2, 0.25) is 5.02 Å². The number of hydrogen-bond acceptors (Lipinski definition) is 2. The van der Waals surface area contributed by atoms with Crippen molar-refractivity contribution in [1.29, 1.82) is 0 Å². The third kappa shape index (κ3) is 4.70. The van der Waals surface area contributed by atoms with Crippen molar-refractivity contribution in [3.8, 4) is 0 Å². The van der Waals surface area contributed by atoms with Crippen molar-refractivity contribution >= 4 is 23.4 Å². The summed E-state index contributed by atoms with van der Waals surface area (Å²) in [5, 5.41) is 11.1. The molecule has 1 aliphatic rings. The number of aliphatic hydroxyl groups is 1. The molecule has 1 fully saturated rings. The van der Waals surface area contributed by atoms with Gasteiger partial charge in [0.1, 0.15) is 0 Å². The van der Waals surface area contributed by atoms with E-state index in [0.29, 0.717) is 5.92 Å². The van der Waals surface area contributed by atoms with Gasteiger partial charge in [0.2, 0.25) is 0 Å². The summed E-state index contributed by atoms with van der Waals surface area (Å²) in [7, 11) is 0. The summed E-state index contributed by atoms with van der Waals surface area (Å²) < 4.78 is 0. The first-order chi connectivity index (χ1) is 9.19. The van der Waals surface area contributed by atoms with E-state index in [1.54, 1.807) is 11.8 Å². The quantitative estimate of drug-likeness (QED) is 0.771. The van der Waals surface area contributed by atoms with Gasteiger partial charge < -0.3 is 5.11 Å². The molecule has 3 heteroatoms. The molecule has 1 unspecified atom stereocenters. The van der Waals surface area contributed by atoms with Crippen LogP contribution in [0.5, 0.6) is 0 Å². The highest BCUT2D eigenvalue weighted by Crippen LogP contribution is 2.34. The van der Waals surface area contributed by atoms with Crippen LogP contribution < -0.4 is 0 Å². The Balaban J connectivity index is 1.75. The second-order valence-corrected chi connectivity index (χ2v) is 7.05. The van der Waals surface area contributed by atoms with Crippen molar-refractivity contribution in [2.24, 2.45) is 11.8 Å². The molecule has 1 aliphatic carbocycles. The summed E-state index contributed by atoms with van der Waals surface area (Å²) in [6.45, 7) is 2.28. The third-order valence-electron chi connectivity index (χ3n) is 4.25. The van der Waals surface area contributed by atoms with Crippen molar-refractivity contribution in [1.82, 2.24) is 0 Å². The lowest BCUT2D eigenvalue weighted by Crippen LogP contribution is -2.27. The van der Waals surface area contributed by atoms with Crippen LogP contribution >= 0.6 is 23.4 Å². The Labute approximate surface area is 125 Å². The van der Waals surface area contributed by atoms with Crippen molar-refractivity contribution < 1.29 is 5.11 Å². The fraction of sp³-hybridized carbons (Fsp3) is 0.625. The van der Waals surface area contributed by atoms with Crippen molar-refractivity contribution in [3.63, 3.8) is 0 Å². The molecule has 1 aromatic carbocycles. The molecular weight excluding hydrogens is 276 g/mol. The van der Waals surface area contributed by atoms with Crippen LogP contribution in [0.4, 0.5) is 0 Å². The Kier molecular flexibility index (Phi) is 6.06. The van der Waals surface area contributed by atoms with Gasteiger partial charge in [-0.2, -0.15) is 0 Å². The Morgan fingerprint density at radius 1 is 1.21 bits per heavy atom. The summed E-state index contributed by atoms with van der Waals surface area (Å²) in [5.74, 6) is 2.19. The van der Waals surface area contributed by atoms with E-state index in [1.807, 2.05) is 24.3 Å². The molecule has 0 aromatic heterocycles. The van der Waals surface area contributed by atoms with Crippen LogP contribution in [-0.2, 0) is 0 Å². The minimum absolute atomic E-state index is 0.168. The molecule has 0 aliphatic heterocycles. The number of hydrogen-bond donors (Lipinski definition) is 1. The lowest BCUT2D eigenvalue weighted by Gasteiger charge is -2.30. The van der Waals surface area contributed by atoms with Gasteiger partial charge in [0.05, 0.1) is 6.10 Å². The van der Waals surface area contributed by atoms with Gasteiger partial charge in [-0.3, -0.25) is 0 Å². The topological polar surface area (TPSA) is 20.2 Å². The molecule has 1 saturated carbocycles. The van der Waals surface area contributed by atoms with Crippen LogP contribution in [0.1, 0.15) is 39.0 Å². The molecule has 1 atom stereocenters. The molecule has 0 amide bonds. The number of benzene rings is 1. The molecule has 0 spiro atoms. The Morgan fingerprint density at radius 2 is 1.84 bits per heavy atom. The van der Waals surface area contributed by atoms with Gasteiger partial charge in [-0.25, -0.2) is 0 Å². The lowest BCUT2D eigenvalue weighted by atomic mass is 9.79. The largest absolute Gasteiger partial charge is 0.392 e. The highest BCUT2D eigenvalue weighted by Gasteiger charge is 2.25. The Hall–Kier alpha value is -0.180. The average Bonchev–Trinajstić information content (AvgIpc) is 2.46. The number of rotatable bonds is 5. The smallest absolute Gasteiger partial charge is 0.0662 e. The van der Waals surface area contributed by atoms with Crippen molar-refractivity contribution in [2.45, 2.75) is 50.0 Å². The maximum atomic E-state index is 10.3. The van der Waals surface area contributed by atoms with E-state index < -0.39 is 0 Å². The molecule has 0 radical (unpaired) electrons. The number of thioether (sulfide) groups is 1. The minimum atomic E-state index is -0.168. The van der Waals surface area contributed by atoms with Crippen LogP contribution in [0.15, 0.2) is 29.2 Å². The molecule has 1 N–H and O–H groups in total. The predicted octanol–water partition coefficient (Wildman–Crippen LogP) is 5.01. The van der Waals surface area contributed by atoms with Crippen molar-refractivity contribution in [3.05, 3.63) is 29.3 Å². The zero-order valence-electron chi connectivity index (χ0n) is 11.5. The first kappa shape index (κ1) is 15.2. The van der Waals surface area contributed by atoms with Crippen LogP contribution in [0, 0.1) is 11.8 Å². The summed E-state index contributed by atoms with van der Waals surface area (Å²) >= 11 is 7.59. The lowest BCUT2D eigenvalue weighted by molar-refractivity contribution is 0.0916. The van der Waals surface area contributed by atoms with Crippen LogP contribution in [0.3, 0.4) is 0 Å². The summed E-state index contributed by atoms with van der Waals surface area (Å²) in [6, 6.07) is 7.85. The molecule has 19 heavy (non-hydrogen) atoms. The average molecular weight is 299 g/mol. The molecule has 0 heterocycles. The standard InChI is InChI=1S/C16H23ClOS/c1-2-12-3-5-13(6-4-12)16(18)11-19-15-9-7-14(17)8-10-15/h7-10,12-13,16,18H,2-6,11H2,1H3. The monoisotopic (exact) mass is 298 g/mol. The molecular formula is C16H23ClOS. The summed E-state index contributed by atoms with van der Waals surface area (Å²) in [4.78, 5) is 1.19. The molecule has 2 rings (SSSR count). The maximum Gasteiger partial charge on any atom is 0.0662 e. The van der Waals surface area contributed by atoms with Gasteiger partial charge in [-0.1, -0.05) is 37.8 Å². The van der Waals surface area contributed by atoms with E-state index >= 15 is 0 Å². The molecule has 0 bridgehead atoms. The van der Waals surface area contributed by atoms with Crippen LogP contribution in [0.25, 0.3) is 0 Å². The van der Waals surface area contributed by atoms with E-state index in [0.717, 1.165) is 16.7 Å². The van der Waals surface area contributed by atoms with Gasteiger partial charge in [-0.15, -0.1) is 11.8 Å². The third-order valence-corrected chi connectivity index (χ3v) is 5.61. The Morgan fingerprint density at radius 3 is 2.42 bits per heavy atom. The fourth-order valence-electron chi connectivity index (χ4n) is 2.83. The van der Waals surface area contributed by atoms with E-state index in [9.17, 15) is 5.11 Å². The van der Waals surface area contributed by atoms with E-state index in [-0.39, 0.29) is 6.10 Å². The molecule has 1 aromatic rings. The number of aliphatic hydroxyl groups excluding tert-OH is 1. The van der Waals surface area contributed by atoms with E-state index in [1.165, 1.54) is 37.0 Å². The van der Waals surface area contributed by atoms with Crippen molar-refractivity contribution in [2.75, 3.05) is 5.75 Å². The van der Waals surface area contributed by atoms with Crippen LogP contribution in [-0.4, -0.2) is 17.0 Å². The summed E-state index contributed by atoms with van der Waals surface area (Å²) in [5.41, 5.74) is 0. The first-order valence-electron chi connectivity index (χ1n) is 7.25. The highest BCUT2D eigenvalue weighted by molar-refractivity contribution is 7.99. The fourth-order valence-corrected chi connectivity index (χ4v) is 3.92. The Bertz CT molecular complexity index is 371. The van der Waals surface area contributed by atoms with Gasteiger partial charge in [0, 0.05) is 15.7 Å². The number of halogens is 1. The second kappa shape index (κ2) is 7.56. The molecule has 106 valence electrons. The predicted molar refractivity (Wildman–Crippen MR) is 83.9 cm³/mol. The van der Waals surface area contributed by atoms with Gasteiger partial charge in [0.15, 0.2) is 0 Å². The second-order valence-electron chi connectivity index (χ2n) is 5.52. The minimum Gasteiger partial charge on any atom is -0.392 e. The van der Waals surface area contributed by atoms with E-state index in [2.05, 4.69) is 6.92 Å².